The molecule has 1 saturated carbocycles. The first-order valence-electron chi connectivity index (χ1n) is 6.57. The van der Waals surface area contributed by atoms with E-state index in [-0.39, 0.29) is 12.1 Å². The Balaban J connectivity index is 2.08. The summed E-state index contributed by atoms with van der Waals surface area (Å²) in [5.74, 6) is 0. The largest absolute Gasteiger partial charge is 0.391 e. The molecule has 2 unspecified atom stereocenters. The number of nitrogens with zero attached hydrogens (tertiary/aromatic N) is 3. The van der Waals surface area contributed by atoms with Crippen molar-refractivity contribution in [1.29, 1.82) is 0 Å². The topological polar surface area (TPSA) is 41.3 Å². The Morgan fingerprint density at radius 3 is 2.67 bits per heavy atom. The quantitative estimate of drug-likeness (QED) is 0.916. The first-order valence-corrected chi connectivity index (χ1v) is 6.94. The summed E-state index contributed by atoms with van der Waals surface area (Å²) >= 11 is 6.26. The highest BCUT2D eigenvalue weighted by Gasteiger charge is 2.27. The average molecular weight is 272 g/mol. The summed E-state index contributed by atoms with van der Waals surface area (Å²) in [4.78, 5) is 2.20. The first-order chi connectivity index (χ1) is 8.50. The first kappa shape index (κ1) is 13.8. The van der Waals surface area contributed by atoms with E-state index in [0.29, 0.717) is 0 Å². The molecule has 2 atom stereocenters. The fraction of sp³-hybridized carbons (Fsp3) is 0.769. The molecule has 1 N–H and O–H groups in total. The van der Waals surface area contributed by atoms with Crippen LogP contribution in [-0.4, -0.2) is 39.0 Å². The third-order valence-electron chi connectivity index (χ3n) is 3.92. The van der Waals surface area contributed by atoms with Crippen LogP contribution in [0.5, 0.6) is 0 Å². The minimum absolute atomic E-state index is 0.211. The lowest BCUT2D eigenvalue weighted by Crippen LogP contribution is -2.43. The second-order valence-corrected chi connectivity index (χ2v) is 5.68. The van der Waals surface area contributed by atoms with E-state index in [0.717, 1.165) is 42.2 Å². The molecule has 1 heterocycles. The van der Waals surface area contributed by atoms with Gasteiger partial charge >= 0.3 is 0 Å². The number of hydrogen-bond acceptors (Lipinski definition) is 3. The van der Waals surface area contributed by atoms with E-state index < -0.39 is 0 Å². The van der Waals surface area contributed by atoms with Crippen molar-refractivity contribution in [1.82, 2.24) is 14.7 Å². The summed E-state index contributed by atoms with van der Waals surface area (Å²) in [5, 5.41) is 15.1. The minimum atomic E-state index is -0.211. The average Bonchev–Trinajstić information content (AvgIpc) is 2.56. The highest BCUT2D eigenvalue weighted by molar-refractivity contribution is 6.31. The van der Waals surface area contributed by atoms with Gasteiger partial charge in [0.2, 0.25) is 0 Å². The number of hydrogen-bond donors (Lipinski definition) is 1. The molecule has 18 heavy (non-hydrogen) atoms. The zero-order valence-electron chi connectivity index (χ0n) is 11.4. The number of aliphatic hydroxyl groups is 1. The van der Waals surface area contributed by atoms with Crippen molar-refractivity contribution < 1.29 is 5.11 Å². The Hall–Kier alpha value is -0.580. The fourth-order valence-corrected chi connectivity index (χ4v) is 3.03. The maximum Gasteiger partial charge on any atom is 0.0860 e. The number of rotatable bonds is 3. The lowest BCUT2D eigenvalue weighted by molar-refractivity contribution is 0.0279. The minimum Gasteiger partial charge on any atom is -0.391 e. The van der Waals surface area contributed by atoms with Crippen molar-refractivity contribution in [3.8, 4) is 0 Å². The maximum atomic E-state index is 10.1. The van der Waals surface area contributed by atoms with E-state index in [1.54, 1.807) is 0 Å². The molecule has 1 aromatic rings. The van der Waals surface area contributed by atoms with Crippen LogP contribution < -0.4 is 0 Å². The molecule has 5 heteroatoms. The third kappa shape index (κ3) is 2.71. The van der Waals surface area contributed by atoms with E-state index >= 15 is 0 Å². The molecule has 0 bridgehead atoms. The predicted molar refractivity (Wildman–Crippen MR) is 72.7 cm³/mol. The van der Waals surface area contributed by atoms with Crippen LogP contribution in [0.2, 0.25) is 5.02 Å². The summed E-state index contributed by atoms with van der Waals surface area (Å²) in [6.45, 7) is 2.65. The van der Waals surface area contributed by atoms with Gasteiger partial charge in [0.25, 0.3) is 0 Å². The third-order valence-corrected chi connectivity index (χ3v) is 4.41. The smallest absolute Gasteiger partial charge is 0.0860 e. The van der Waals surface area contributed by atoms with Crippen LogP contribution in [0.15, 0.2) is 0 Å². The van der Waals surface area contributed by atoms with Crippen molar-refractivity contribution in [3.05, 3.63) is 16.4 Å². The normalized spacial score (nSPS) is 24.8. The molecule has 0 aliphatic heterocycles. The fourth-order valence-electron chi connectivity index (χ4n) is 2.81. The van der Waals surface area contributed by atoms with E-state index in [4.69, 9.17) is 11.6 Å². The second kappa shape index (κ2) is 5.59. The van der Waals surface area contributed by atoms with Gasteiger partial charge in [0.05, 0.1) is 22.5 Å². The van der Waals surface area contributed by atoms with Gasteiger partial charge < -0.3 is 5.11 Å². The van der Waals surface area contributed by atoms with Crippen LogP contribution in [0.4, 0.5) is 0 Å². The molecule has 102 valence electrons. The molecule has 0 saturated heterocycles. The zero-order chi connectivity index (χ0) is 13.3. The van der Waals surface area contributed by atoms with Gasteiger partial charge in [-0.25, -0.2) is 0 Å². The monoisotopic (exact) mass is 271 g/mol. The van der Waals surface area contributed by atoms with Crippen molar-refractivity contribution in [2.24, 2.45) is 7.05 Å². The van der Waals surface area contributed by atoms with Gasteiger partial charge in [-0.05, 0) is 26.8 Å². The molecular weight excluding hydrogens is 250 g/mol. The summed E-state index contributed by atoms with van der Waals surface area (Å²) < 4.78 is 1.84. The number of aryl methyl sites for hydroxylation is 2. The molecule has 0 spiro atoms. The lowest BCUT2D eigenvalue weighted by atomic mass is 9.91. The molecule has 2 rings (SSSR count). The maximum absolute atomic E-state index is 10.1. The van der Waals surface area contributed by atoms with Crippen LogP contribution >= 0.6 is 11.6 Å². The van der Waals surface area contributed by atoms with Gasteiger partial charge in [-0.1, -0.05) is 24.4 Å². The molecular formula is C13H22ClN3O. The molecule has 0 radical (unpaired) electrons. The Morgan fingerprint density at radius 2 is 2.11 bits per heavy atom. The zero-order valence-corrected chi connectivity index (χ0v) is 12.1. The van der Waals surface area contributed by atoms with E-state index in [1.807, 2.05) is 18.7 Å². The van der Waals surface area contributed by atoms with Gasteiger partial charge in [0.1, 0.15) is 0 Å². The lowest BCUT2D eigenvalue weighted by Gasteiger charge is -2.35. The number of aromatic nitrogens is 2. The van der Waals surface area contributed by atoms with E-state index in [1.165, 1.54) is 6.42 Å². The summed E-state index contributed by atoms with van der Waals surface area (Å²) in [6.07, 6.45) is 4.09. The highest BCUT2D eigenvalue weighted by Crippen LogP contribution is 2.26. The number of aliphatic hydroxyl groups excluding tert-OH is 1. The van der Waals surface area contributed by atoms with Crippen molar-refractivity contribution in [2.75, 3.05) is 7.05 Å². The Labute approximate surface area is 114 Å². The van der Waals surface area contributed by atoms with Crippen LogP contribution in [0.3, 0.4) is 0 Å². The standard InChI is InChI=1S/C13H22ClN3O/c1-9-13(14)11(17(3)15-9)8-16(2)10-6-4-5-7-12(10)18/h10,12,18H,4-8H2,1-3H3. The Bertz CT molecular complexity index is 419. The van der Waals surface area contributed by atoms with Crippen LogP contribution in [0.1, 0.15) is 37.1 Å². The van der Waals surface area contributed by atoms with Gasteiger partial charge in [-0.2, -0.15) is 5.10 Å². The van der Waals surface area contributed by atoms with Crippen LogP contribution in [0, 0.1) is 6.92 Å². The summed E-state index contributed by atoms with van der Waals surface area (Å²) in [6, 6.07) is 0.241. The molecule has 1 fully saturated rings. The van der Waals surface area contributed by atoms with Gasteiger partial charge in [0.15, 0.2) is 0 Å². The number of likely N-dealkylation sites (N-methyl/N-ethyl adjacent to an activating group) is 1. The van der Waals surface area contributed by atoms with E-state index in [9.17, 15) is 5.11 Å². The molecule has 1 aliphatic carbocycles. The predicted octanol–water partition coefficient (Wildman–Crippen LogP) is 2.12. The van der Waals surface area contributed by atoms with E-state index in [2.05, 4.69) is 17.0 Å². The van der Waals surface area contributed by atoms with Gasteiger partial charge in [-0.15, -0.1) is 0 Å². The Kier molecular flexibility index (Phi) is 4.30. The summed E-state index contributed by atoms with van der Waals surface area (Å²) in [5.41, 5.74) is 1.89. The van der Waals surface area contributed by atoms with Crippen molar-refractivity contribution in [2.45, 2.75) is 51.3 Å². The molecule has 4 nitrogen and oxygen atoms in total. The SMILES string of the molecule is Cc1nn(C)c(CN(C)C2CCCCC2O)c1Cl. The van der Waals surface area contributed by atoms with Gasteiger partial charge in [0, 0.05) is 19.6 Å². The summed E-state index contributed by atoms with van der Waals surface area (Å²) in [7, 11) is 3.97. The Morgan fingerprint density at radius 1 is 1.44 bits per heavy atom. The molecule has 1 aromatic heterocycles. The van der Waals surface area contributed by atoms with Crippen molar-refractivity contribution in [3.63, 3.8) is 0 Å². The van der Waals surface area contributed by atoms with Crippen molar-refractivity contribution >= 4 is 11.6 Å². The van der Waals surface area contributed by atoms with Crippen LogP contribution in [-0.2, 0) is 13.6 Å². The second-order valence-electron chi connectivity index (χ2n) is 5.30. The molecule has 1 aliphatic rings. The van der Waals surface area contributed by atoms with Gasteiger partial charge in [-0.3, -0.25) is 9.58 Å². The molecule has 0 amide bonds. The van der Waals surface area contributed by atoms with Crippen LogP contribution in [0.25, 0.3) is 0 Å². The highest BCUT2D eigenvalue weighted by atomic mass is 35.5. The number of halogens is 1. The molecule has 0 aromatic carbocycles.